The highest BCUT2D eigenvalue weighted by atomic mass is 32.1. The van der Waals surface area contributed by atoms with Gasteiger partial charge in [0.15, 0.2) is 11.6 Å². The monoisotopic (exact) mass is 593 g/mol. The van der Waals surface area contributed by atoms with Crippen LogP contribution < -0.4 is 15.5 Å². The maximum Gasteiger partial charge on any atom is 0.228 e. The number of nitrogen functional groups attached to an aromatic ring is 1. The average molecular weight is 594 g/mol. The zero-order valence-electron chi connectivity index (χ0n) is 25.1. The number of hydrogen-bond donors (Lipinski definition) is 1. The molecule has 2 aliphatic rings. The predicted octanol–water partition coefficient (Wildman–Crippen LogP) is 7.17. The molecule has 3 aromatic heterocycles. The first-order valence-electron chi connectivity index (χ1n) is 14.4. The maximum atomic E-state index is 16.7. The molecule has 2 aliphatic heterocycles. The number of fused-ring (bicyclic) bond motifs is 4. The Morgan fingerprint density at radius 3 is 2.40 bits per heavy atom. The lowest BCUT2D eigenvalue weighted by Crippen LogP contribution is -2.55. The van der Waals surface area contributed by atoms with E-state index in [1.165, 1.54) is 12.8 Å². The smallest absolute Gasteiger partial charge is 0.228 e. The first-order valence-corrected chi connectivity index (χ1v) is 15.2. The summed E-state index contributed by atoms with van der Waals surface area (Å²) in [4.78, 5) is 17.8. The highest BCUT2D eigenvalue weighted by molar-refractivity contribution is 7.23. The van der Waals surface area contributed by atoms with Crippen molar-refractivity contribution in [2.75, 3.05) is 42.7 Å². The molecule has 0 bridgehead atoms. The first kappa shape index (κ1) is 29.9. The predicted molar refractivity (Wildman–Crippen MR) is 166 cm³/mol. The minimum atomic E-state index is -0.608. The van der Waals surface area contributed by atoms with Crippen molar-refractivity contribution >= 4 is 49.1 Å². The number of nitrogens with zero attached hydrogens (tertiary/aromatic N) is 6. The Kier molecular flexibility index (Phi) is 8.23. The lowest BCUT2D eigenvalue weighted by molar-refractivity contribution is 0.135. The second-order valence-electron chi connectivity index (χ2n) is 11.6. The van der Waals surface area contributed by atoms with Crippen molar-refractivity contribution in [3.8, 4) is 17.3 Å². The van der Waals surface area contributed by atoms with Gasteiger partial charge in [0.25, 0.3) is 0 Å². The van der Waals surface area contributed by atoms with Gasteiger partial charge in [0, 0.05) is 43.5 Å². The number of hydrogen-bond acceptors (Lipinski definition) is 9. The molecule has 0 radical (unpaired) electrons. The molecule has 1 fully saturated rings. The third-order valence-electron chi connectivity index (χ3n) is 8.02. The van der Waals surface area contributed by atoms with Gasteiger partial charge in [-0.05, 0) is 17.5 Å². The molecule has 5 heterocycles. The number of benzene rings is 1. The topological polar surface area (TPSA) is 104 Å². The number of nitrogens with two attached hydrogens (primary N) is 1. The van der Waals surface area contributed by atoms with Gasteiger partial charge < -0.3 is 20.3 Å². The van der Waals surface area contributed by atoms with Gasteiger partial charge in [-0.2, -0.15) is 10.2 Å². The molecule has 11 heteroatoms. The summed E-state index contributed by atoms with van der Waals surface area (Å²) in [5.74, 6) is -0.130. The van der Waals surface area contributed by atoms with Gasteiger partial charge in [0.1, 0.15) is 22.4 Å². The van der Waals surface area contributed by atoms with Gasteiger partial charge in [0.05, 0.1) is 40.8 Å². The Morgan fingerprint density at radius 1 is 1.10 bits per heavy atom. The number of unbranched alkanes of at least 4 members (excludes halogenated alkanes) is 1. The van der Waals surface area contributed by atoms with Crippen molar-refractivity contribution in [1.82, 2.24) is 15.0 Å². The molecule has 2 N–H and O–H groups in total. The molecule has 6 rings (SSSR count). The minimum absolute atomic E-state index is 0.0901. The lowest BCUT2D eigenvalue weighted by Gasteiger charge is -2.48. The van der Waals surface area contributed by atoms with Crippen LogP contribution in [0.3, 0.4) is 0 Å². The SMILES string of the molecule is CCCC.CCCC1(C)CN(c2nc(N(C)C)c3c4c(c(-c5ncc(F)c6sc(N)c(C#N)c56)c(F)c3n2)COC4)C1. The van der Waals surface area contributed by atoms with Crippen LogP contribution in [0.25, 0.3) is 32.2 Å². The van der Waals surface area contributed by atoms with Crippen molar-refractivity contribution in [3.63, 3.8) is 0 Å². The van der Waals surface area contributed by atoms with E-state index >= 15 is 4.39 Å². The first-order chi connectivity index (χ1) is 20.1. The quantitative estimate of drug-likeness (QED) is 0.251. The molecule has 0 amide bonds. The largest absolute Gasteiger partial charge is 0.389 e. The number of ether oxygens (including phenoxy) is 1. The van der Waals surface area contributed by atoms with Crippen LogP contribution in [0, 0.1) is 28.4 Å². The van der Waals surface area contributed by atoms with Crippen LogP contribution in [0.4, 0.5) is 25.5 Å². The zero-order chi connectivity index (χ0) is 30.3. The van der Waals surface area contributed by atoms with E-state index in [9.17, 15) is 9.65 Å². The summed E-state index contributed by atoms with van der Waals surface area (Å²) >= 11 is 0.956. The fourth-order valence-corrected chi connectivity index (χ4v) is 6.80. The summed E-state index contributed by atoms with van der Waals surface area (Å²) in [6.45, 7) is 10.8. The summed E-state index contributed by atoms with van der Waals surface area (Å²) in [5, 5.41) is 10.8. The van der Waals surface area contributed by atoms with Crippen molar-refractivity contribution in [2.24, 2.45) is 5.41 Å². The van der Waals surface area contributed by atoms with Crippen LogP contribution in [0.1, 0.15) is 70.1 Å². The highest BCUT2D eigenvalue weighted by Gasteiger charge is 2.40. The maximum absolute atomic E-state index is 16.7. The summed E-state index contributed by atoms with van der Waals surface area (Å²) in [6, 6.07) is 2.05. The van der Waals surface area contributed by atoms with Crippen LogP contribution in [-0.2, 0) is 18.0 Å². The van der Waals surface area contributed by atoms with Gasteiger partial charge in [-0.1, -0.05) is 47.0 Å². The molecule has 4 aromatic rings. The molecule has 0 atom stereocenters. The lowest BCUT2D eigenvalue weighted by atomic mass is 9.78. The number of aromatic nitrogens is 3. The fourth-order valence-electron chi connectivity index (χ4n) is 5.88. The molecule has 0 unspecified atom stereocenters. The Bertz CT molecular complexity index is 1700. The molecule has 0 saturated carbocycles. The molecular formula is C31H37F2N7OS. The highest BCUT2D eigenvalue weighted by Crippen LogP contribution is 2.47. The van der Waals surface area contributed by atoms with E-state index in [2.05, 4.69) is 37.6 Å². The van der Waals surface area contributed by atoms with Gasteiger partial charge in [-0.15, -0.1) is 11.3 Å². The Balaban J connectivity index is 0.000000830. The molecule has 222 valence electrons. The van der Waals surface area contributed by atoms with Crippen molar-refractivity contribution in [2.45, 2.75) is 66.6 Å². The van der Waals surface area contributed by atoms with Crippen molar-refractivity contribution < 1.29 is 13.5 Å². The second kappa shape index (κ2) is 11.6. The summed E-state index contributed by atoms with van der Waals surface area (Å²) in [5.41, 5.74) is 8.17. The van der Waals surface area contributed by atoms with Crippen LogP contribution in [0.15, 0.2) is 6.20 Å². The average Bonchev–Trinajstić information content (AvgIpc) is 3.57. The van der Waals surface area contributed by atoms with Gasteiger partial charge in [0.2, 0.25) is 5.95 Å². The second-order valence-corrected chi connectivity index (χ2v) is 12.7. The molecule has 0 aliphatic carbocycles. The van der Waals surface area contributed by atoms with Crippen LogP contribution in [-0.4, -0.2) is 42.1 Å². The minimum Gasteiger partial charge on any atom is -0.389 e. The van der Waals surface area contributed by atoms with E-state index in [0.29, 0.717) is 22.7 Å². The summed E-state index contributed by atoms with van der Waals surface area (Å²) in [7, 11) is 3.74. The van der Waals surface area contributed by atoms with Crippen LogP contribution in [0.5, 0.6) is 0 Å². The normalized spacial score (nSPS) is 15.3. The van der Waals surface area contributed by atoms with Gasteiger partial charge in [-0.25, -0.2) is 13.8 Å². The number of thiophene rings is 1. The van der Waals surface area contributed by atoms with E-state index < -0.39 is 11.6 Å². The number of anilines is 3. The van der Waals surface area contributed by atoms with Crippen LogP contribution in [0.2, 0.25) is 0 Å². The van der Waals surface area contributed by atoms with E-state index in [-0.39, 0.29) is 56.1 Å². The third kappa shape index (κ3) is 4.90. The van der Waals surface area contributed by atoms with Crippen molar-refractivity contribution in [3.05, 3.63) is 34.5 Å². The zero-order valence-corrected chi connectivity index (χ0v) is 25.9. The van der Waals surface area contributed by atoms with E-state index in [4.69, 9.17) is 20.4 Å². The van der Waals surface area contributed by atoms with E-state index in [1.807, 2.05) is 25.1 Å². The molecule has 8 nitrogen and oxygen atoms in total. The summed E-state index contributed by atoms with van der Waals surface area (Å²) in [6.07, 6.45) is 5.87. The molecule has 0 spiro atoms. The van der Waals surface area contributed by atoms with E-state index in [0.717, 1.165) is 49.0 Å². The van der Waals surface area contributed by atoms with Crippen molar-refractivity contribution in [1.29, 1.82) is 5.26 Å². The molecule has 42 heavy (non-hydrogen) atoms. The fraction of sp³-hybridized carbons (Fsp3) is 0.484. The molecule has 1 saturated heterocycles. The number of pyridine rings is 1. The Labute approximate surface area is 249 Å². The molecular weight excluding hydrogens is 556 g/mol. The summed E-state index contributed by atoms with van der Waals surface area (Å²) < 4.78 is 37.4. The van der Waals surface area contributed by atoms with Crippen LogP contribution >= 0.6 is 11.3 Å². The Hall–Kier alpha value is -3.62. The molecule has 1 aromatic carbocycles. The standard InChI is InChI=1S/C27H27F2N7OS.C4H10/c1-5-6-27(2)11-36(12-27)26-33-22-19(25(34-26)35(3)4)15-10-37-9-14(15)17(20(22)29)21-18-13(7-30)24(31)38-23(18)16(28)8-32-21;1-3-4-2/h8H,5-6,9-12,31H2,1-4H3;3-4H2,1-2H3. The van der Waals surface area contributed by atoms with Gasteiger partial charge >= 0.3 is 0 Å². The van der Waals surface area contributed by atoms with Gasteiger partial charge in [-0.3, -0.25) is 4.98 Å². The number of nitriles is 1. The third-order valence-corrected chi connectivity index (χ3v) is 9.04. The number of halogens is 2. The van der Waals surface area contributed by atoms with E-state index in [1.54, 1.807) is 0 Å². The number of rotatable bonds is 6. The Morgan fingerprint density at radius 2 is 1.79 bits per heavy atom.